The Labute approximate surface area is 108 Å². The van der Waals surface area contributed by atoms with Crippen molar-refractivity contribution in [2.75, 3.05) is 59.5 Å². The van der Waals surface area contributed by atoms with Crippen molar-refractivity contribution in [1.82, 2.24) is 9.80 Å². The Kier molecular flexibility index (Phi) is 6.99. The molecular weight excluding hydrogens is 240 g/mol. The van der Waals surface area contributed by atoms with Crippen molar-refractivity contribution in [2.24, 2.45) is 5.73 Å². The van der Waals surface area contributed by atoms with Crippen molar-refractivity contribution >= 4 is 0 Å². The van der Waals surface area contributed by atoms with Gasteiger partial charge in [-0.05, 0) is 26.4 Å². The molecule has 0 bridgehead atoms. The van der Waals surface area contributed by atoms with E-state index < -0.39 is 19.1 Å². The summed E-state index contributed by atoms with van der Waals surface area (Å²) in [5, 5.41) is 0. The first-order valence-corrected chi connectivity index (χ1v) is 6.60. The van der Waals surface area contributed by atoms with Gasteiger partial charge in [-0.15, -0.1) is 0 Å². The molecule has 0 aromatic heterocycles. The molecule has 0 aliphatic carbocycles. The van der Waals surface area contributed by atoms with Crippen molar-refractivity contribution in [3.8, 4) is 0 Å². The van der Waals surface area contributed by atoms with E-state index in [4.69, 9.17) is 10.5 Å². The Morgan fingerprint density at radius 2 is 1.83 bits per heavy atom. The molecule has 0 spiro atoms. The van der Waals surface area contributed by atoms with E-state index in [-0.39, 0.29) is 0 Å². The zero-order valence-corrected chi connectivity index (χ0v) is 11.2. The van der Waals surface area contributed by atoms with Crippen LogP contribution in [0.2, 0.25) is 0 Å². The average Bonchev–Trinajstić information content (AvgIpc) is 2.36. The van der Waals surface area contributed by atoms with E-state index in [1.54, 1.807) is 0 Å². The highest BCUT2D eigenvalue weighted by Crippen LogP contribution is 2.11. The summed E-state index contributed by atoms with van der Waals surface area (Å²) in [5.74, 6) is -2.88. The first-order valence-electron chi connectivity index (χ1n) is 6.60. The van der Waals surface area contributed by atoms with E-state index in [1.807, 2.05) is 0 Å². The van der Waals surface area contributed by atoms with Crippen LogP contribution < -0.4 is 5.73 Å². The number of piperazine rings is 1. The van der Waals surface area contributed by atoms with Gasteiger partial charge >= 0.3 is 0 Å². The van der Waals surface area contributed by atoms with Gasteiger partial charge in [-0.2, -0.15) is 0 Å². The Balaban J connectivity index is 1.93. The van der Waals surface area contributed by atoms with Crippen LogP contribution in [0.3, 0.4) is 0 Å². The molecule has 1 aliphatic rings. The van der Waals surface area contributed by atoms with Crippen LogP contribution in [0.5, 0.6) is 0 Å². The van der Waals surface area contributed by atoms with E-state index in [0.29, 0.717) is 6.61 Å². The second-order valence-corrected chi connectivity index (χ2v) is 4.96. The lowest BCUT2D eigenvalue weighted by atomic mass is 10.2. The number of hydrogen-bond acceptors (Lipinski definition) is 4. The standard InChI is InChI=1S/C12H25F2N3O/c1-16-5-7-17(8-6-16)4-2-3-9-18-11-12(13,14)10-15/h2-11,15H2,1H3. The normalized spacial score (nSPS) is 19.3. The molecule has 1 saturated heterocycles. The number of likely N-dealkylation sites (N-methyl/N-ethyl adjacent to an activating group) is 1. The van der Waals surface area contributed by atoms with Crippen molar-refractivity contribution in [3.05, 3.63) is 0 Å². The maximum Gasteiger partial charge on any atom is 0.282 e. The summed E-state index contributed by atoms with van der Waals surface area (Å²) in [6.45, 7) is 4.64. The zero-order chi connectivity index (χ0) is 13.4. The number of nitrogens with two attached hydrogens (primary N) is 1. The molecule has 0 unspecified atom stereocenters. The van der Waals surface area contributed by atoms with Gasteiger partial charge in [-0.1, -0.05) is 0 Å². The van der Waals surface area contributed by atoms with Crippen LogP contribution in [0.15, 0.2) is 0 Å². The topological polar surface area (TPSA) is 41.7 Å². The summed E-state index contributed by atoms with van der Waals surface area (Å²) < 4.78 is 30.4. The smallest absolute Gasteiger partial charge is 0.282 e. The quantitative estimate of drug-likeness (QED) is 0.654. The van der Waals surface area contributed by atoms with E-state index >= 15 is 0 Å². The van der Waals surface area contributed by atoms with Crippen molar-refractivity contribution in [2.45, 2.75) is 18.8 Å². The summed E-state index contributed by atoms with van der Waals surface area (Å²) in [6, 6.07) is 0. The summed E-state index contributed by atoms with van der Waals surface area (Å²) in [6.07, 6.45) is 1.82. The minimum atomic E-state index is -2.88. The Bertz CT molecular complexity index is 221. The van der Waals surface area contributed by atoms with Gasteiger partial charge in [0.1, 0.15) is 6.61 Å². The second-order valence-electron chi connectivity index (χ2n) is 4.96. The molecule has 1 aliphatic heterocycles. The van der Waals surface area contributed by atoms with Gasteiger partial charge in [-0.3, -0.25) is 0 Å². The zero-order valence-electron chi connectivity index (χ0n) is 11.2. The van der Waals surface area contributed by atoms with Crippen LogP contribution in [0.25, 0.3) is 0 Å². The molecule has 0 saturated carbocycles. The summed E-state index contributed by atoms with van der Waals surface area (Å²) in [7, 11) is 2.13. The van der Waals surface area contributed by atoms with E-state index in [2.05, 4.69) is 16.8 Å². The van der Waals surface area contributed by atoms with Gasteiger partial charge in [0.15, 0.2) is 0 Å². The van der Waals surface area contributed by atoms with Crippen LogP contribution in [0.4, 0.5) is 8.78 Å². The molecule has 18 heavy (non-hydrogen) atoms. The lowest BCUT2D eigenvalue weighted by molar-refractivity contribution is -0.0699. The number of halogens is 2. The fourth-order valence-corrected chi connectivity index (χ4v) is 1.89. The van der Waals surface area contributed by atoms with Gasteiger partial charge in [0.2, 0.25) is 0 Å². The van der Waals surface area contributed by atoms with Crippen molar-refractivity contribution in [1.29, 1.82) is 0 Å². The molecule has 4 nitrogen and oxygen atoms in total. The highest BCUT2D eigenvalue weighted by molar-refractivity contribution is 4.69. The third-order valence-electron chi connectivity index (χ3n) is 3.22. The maximum absolute atomic E-state index is 12.7. The van der Waals surface area contributed by atoms with Crippen LogP contribution in [-0.4, -0.2) is 75.3 Å². The minimum Gasteiger partial charge on any atom is -0.375 e. The minimum absolute atomic E-state index is 0.392. The number of unbranched alkanes of at least 4 members (excludes halogenated alkanes) is 1. The van der Waals surface area contributed by atoms with Gasteiger partial charge in [0, 0.05) is 32.8 Å². The third kappa shape index (κ3) is 6.58. The summed E-state index contributed by atoms with van der Waals surface area (Å²) >= 11 is 0. The highest BCUT2D eigenvalue weighted by atomic mass is 19.3. The molecular formula is C12H25F2N3O. The first kappa shape index (κ1) is 15.8. The molecule has 108 valence electrons. The van der Waals surface area contributed by atoms with Gasteiger partial charge in [0.05, 0.1) is 6.54 Å². The maximum atomic E-state index is 12.7. The SMILES string of the molecule is CN1CCN(CCCCOCC(F)(F)CN)CC1. The molecule has 1 heterocycles. The van der Waals surface area contributed by atoms with Gasteiger partial charge in [0.25, 0.3) is 5.92 Å². The second kappa shape index (κ2) is 7.99. The fourth-order valence-electron chi connectivity index (χ4n) is 1.89. The molecule has 1 rings (SSSR count). The van der Waals surface area contributed by atoms with Crippen LogP contribution in [-0.2, 0) is 4.74 Å². The summed E-state index contributed by atoms with van der Waals surface area (Å²) in [4.78, 5) is 4.73. The first-order chi connectivity index (χ1) is 8.53. The molecule has 0 aromatic rings. The van der Waals surface area contributed by atoms with Gasteiger partial charge < -0.3 is 20.3 Å². The Morgan fingerprint density at radius 1 is 1.17 bits per heavy atom. The highest BCUT2D eigenvalue weighted by Gasteiger charge is 2.26. The molecule has 2 N–H and O–H groups in total. The van der Waals surface area contributed by atoms with Crippen LogP contribution in [0.1, 0.15) is 12.8 Å². The number of rotatable bonds is 8. The monoisotopic (exact) mass is 265 g/mol. The molecule has 1 fully saturated rings. The van der Waals surface area contributed by atoms with Crippen molar-refractivity contribution < 1.29 is 13.5 Å². The number of nitrogens with zero attached hydrogens (tertiary/aromatic N) is 2. The predicted octanol–water partition coefficient (Wildman–Crippen LogP) is 0.625. The molecule has 0 radical (unpaired) electrons. The van der Waals surface area contributed by atoms with E-state index in [9.17, 15) is 8.78 Å². The molecule has 0 amide bonds. The summed E-state index contributed by atoms with van der Waals surface area (Å²) in [5.41, 5.74) is 4.92. The number of hydrogen-bond donors (Lipinski definition) is 1. The molecule has 6 heteroatoms. The van der Waals surface area contributed by atoms with Crippen LogP contribution in [0, 0.1) is 0 Å². The third-order valence-corrected chi connectivity index (χ3v) is 3.22. The lowest BCUT2D eigenvalue weighted by Crippen LogP contribution is -2.44. The predicted molar refractivity (Wildman–Crippen MR) is 68.0 cm³/mol. The number of alkyl halides is 2. The van der Waals surface area contributed by atoms with Crippen molar-refractivity contribution in [3.63, 3.8) is 0 Å². The fraction of sp³-hybridized carbons (Fsp3) is 1.00. The van der Waals surface area contributed by atoms with E-state index in [1.165, 1.54) is 0 Å². The molecule has 0 atom stereocenters. The number of ether oxygens (including phenoxy) is 1. The average molecular weight is 265 g/mol. The lowest BCUT2D eigenvalue weighted by Gasteiger charge is -2.32. The Morgan fingerprint density at radius 3 is 2.44 bits per heavy atom. The van der Waals surface area contributed by atoms with E-state index in [0.717, 1.165) is 45.6 Å². The Hall–Kier alpha value is -0.300. The largest absolute Gasteiger partial charge is 0.375 e. The van der Waals surface area contributed by atoms with Gasteiger partial charge in [-0.25, -0.2) is 8.78 Å². The van der Waals surface area contributed by atoms with Crippen LogP contribution >= 0.6 is 0 Å². The molecule has 0 aromatic carbocycles.